The number of methoxy groups -OCH3 is 1. The van der Waals surface area contributed by atoms with Gasteiger partial charge in [0.05, 0.1) is 11.6 Å². The van der Waals surface area contributed by atoms with E-state index in [1.54, 1.807) is 32.2 Å². The monoisotopic (exact) mass is 343 g/mol. The molecule has 112 valence electrons. The number of nitrogens with one attached hydrogen (secondary N) is 1. The van der Waals surface area contributed by atoms with Gasteiger partial charge >= 0.3 is 0 Å². The first-order chi connectivity index (χ1) is 9.51. The van der Waals surface area contributed by atoms with Crippen LogP contribution in [0, 0.1) is 0 Å². The third kappa shape index (κ3) is 4.71. The fourth-order valence-corrected chi connectivity index (χ4v) is 2.21. The molecule has 5 heteroatoms. The molecule has 0 saturated carbocycles. The van der Waals surface area contributed by atoms with E-state index in [9.17, 15) is 4.79 Å². The second-order valence-electron chi connectivity index (χ2n) is 4.58. The molecular weight excluding hydrogens is 322 g/mol. The molecule has 4 nitrogen and oxygen atoms in total. The molecule has 0 heterocycles. The minimum atomic E-state index is -0.541. The molecule has 0 aliphatic rings. The van der Waals surface area contributed by atoms with Crippen LogP contribution in [-0.2, 0) is 4.79 Å². The molecule has 0 spiro atoms. The quantitative estimate of drug-likeness (QED) is 0.823. The van der Waals surface area contributed by atoms with Crippen molar-refractivity contribution in [2.45, 2.75) is 45.8 Å². The molecule has 0 saturated heterocycles. The first kappa shape index (κ1) is 16.8. The number of hydrogen-bond donors (Lipinski definition) is 1. The number of ether oxygens (including phenoxy) is 2. The van der Waals surface area contributed by atoms with Gasteiger partial charge in [0.2, 0.25) is 0 Å². The Morgan fingerprint density at radius 1 is 1.35 bits per heavy atom. The predicted molar refractivity (Wildman–Crippen MR) is 83.3 cm³/mol. The normalized spacial score (nSPS) is 12.1. The molecule has 0 fully saturated rings. The highest BCUT2D eigenvalue weighted by molar-refractivity contribution is 9.10. The summed E-state index contributed by atoms with van der Waals surface area (Å²) < 4.78 is 11.6. The maximum atomic E-state index is 12.0. The van der Waals surface area contributed by atoms with E-state index in [1.165, 1.54) is 0 Å². The maximum absolute atomic E-state index is 12.0. The Hall–Kier alpha value is -1.23. The van der Waals surface area contributed by atoms with E-state index in [0.29, 0.717) is 5.75 Å². The molecule has 1 amide bonds. The summed E-state index contributed by atoms with van der Waals surface area (Å²) in [5.41, 5.74) is 0. The number of halogens is 1. The van der Waals surface area contributed by atoms with Crippen molar-refractivity contribution >= 4 is 21.8 Å². The lowest BCUT2D eigenvalue weighted by atomic mass is 10.1. The standard InChI is InChI=1S/C15H22BrNO3/c1-5-11(6-2)17-15(18)10(3)20-14-8-7-12(19-4)9-13(14)16/h7-11H,5-6H2,1-4H3,(H,17,18). The van der Waals surface area contributed by atoms with Gasteiger partial charge in [0, 0.05) is 6.04 Å². The average Bonchev–Trinajstić information content (AvgIpc) is 2.46. The summed E-state index contributed by atoms with van der Waals surface area (Å²) in [5.74, 6) is 1.26. The van der Waals surface area contributed by atoms with Crippen LogP contribution in [0.5, 0.6) is 11.5 Å². The second-order valence-corrected chi connectivity index (χ2v) is 5.43. The van der Waals surface area contributed by atoms with Crippen molar-refractivity contribution in [2.75, 3.05) is 7.11 Å². The van der Waals surface area contributed by atoms with E-state index in [-0.39, 0.29) is 11.9 Å². The smallest absolute Gasteiger partial charge is 0.260 e. The third-order valence-corrected chi connectivity index (χ3v) is 3.76. The summed E-state index contributed by atoms with van der Waals surface area (Å²) in [7, 11) is 1.61. The minimum absolute atomic E-state index is 0.0959. The number of rotatable bonds is 7. The molecule has 0 bridgehead atoms. The van der Waals surface area contributed by atoms with E-state index in [4.69, 9.17) is 9.47 Å². The lowest BCUT2D eigenvalue weighted by molar-refractivity contribution is -0.128. The average molecular weight is 344 g/mol. The minimum Gasteiger partial charge on any atom is -0.497 e. The van der Waals surface area contributed by atoms with Crippen molar-refractivity contribution in [1.82, 2.24) is 5.32 Å². The van der Waals surface area contributed by atoms with Crippen LogP contribution in [0.4, 0.5) is 0 Å². The molecule has 1 aromatic carbocycles. The zero-order valence-corrected chi connectivity index (χ0v) is 14.0. The van der Waals surface area contributed by atoms with Gasteiger partial charge in [0.1, 0.15) is 11.5 Å². The third-order valence-electron chi connectivity index (χ3n) is 3.14. The highest BCUT2D eigenvalue weighted by Gasteiger charge is 2.18. The van der Waals surface area contributed by atoms with Gasteiger partial charge in [-0.05, 0) is 53.9 Å². The summed E-state index contributed by atoms with van der Waals surface area (Å²) in [6, 6.07) is 5.59. The largest absolute Gasteiger partial charge is 0.497 e. The maximum Gasteiger partial charge on any atom is 0.260 e. The Morgan fingerprint density at radius 3 is 2.50 bits per heavy atom. The Bertz CT molecular complexity index is 447. The Morgan fingerprint density at radius 2 is 2.00 bits per heavy atom. The van der Waals surface area contributed by atoms with Crippen LogP contribution in [0.2, 0.25) is 0 Å². The molecule has 1 unspecified atom stereocenters. The van der Waals surface area contributed by atoms with Crippen LogP contribution in [0.25, 0.3) is 0 Å². The number of benzene rings is 1. The molecule has 1 rings (SSSR count). The van der Waals surface area contributed by atoms with Gasteiger partial charge in [0.15, 0.2) is 6.10 Å². The Balaban J connectivity index is 2.65. The molecule has 1 atom stereocenters. The predicted octanol–water partition coefficient (Wildman–Crippen LogP) is 3.53. The zero-order chi connectivity index (χ0) is 15.1. The summed E-state index contributed by atoms with van der Waals surface area (Å²) in [4.78, 5) is 12.0. The van der Waals surface area contributed by atoms with E-state index in [0.717, 1.165) is 23.1 Å². The number of carbonyl (C=O) groups excluding carboxylic acids is 1. The van der Waals surface area contributed by atoms with Gasteiger partial charge in [-0.25, -0.2) is 0 Å². The zero-order valence-electron chi connectivity index (χ0n) is 12.4. The lowest BCUT2D eigenvalue weighted by Crippen LogP contribution is -2.42. The summed E-state index contributed by atoms with van der Waals surface area (Å²) in [5, 5.41) is 2.97. The highest BCUT2D eigenvalue weighted by atomic mass is 79.9. The summed E-state index contributed by atoms with van der Waals surface area (Å²) >= 11 is 3.41. The first-order valence-electron chi connectivity index (χ1n) is 6.82. The number of hydrogen-bond acceptors (Lipinski definition) is 3. The molecule has 0 aliphatic carbocycles. The van der Waals surface area contributed by atoms with Crippen molar-refractivity contribution in [3.63, 3.8) is 0 Å². The van der Waals surface area contributed by atoms with Crippen LogP contribution in [-0.4, -0.2) is 25.2 Å². The first-order valence-corrected chi connectivity index (χ1v) is 7.61. The second kappa shape index (κ2) is 8.15. The fourth-order valence-electron chi connectivity index (χ4n) is 1.76. The molecule has 20 heavy (non-hydrogen) atoms. The van der Waals surface area contributed by atoms with Crippen LogP contribution in [0.1, 0.15) is 33.6 Å². The van der Waals surface area contributed by atoms with Crippen molar-refractivity contribution in [3.8, 4) is 11.5 Å². The van der Waals surface area contributed by atoms with Crippen LogP contribution < -0.4 is 14.8 Å². The SMILES string of the molecule is CCC(CC)NC(=O)C(C)Oc1ccc(OC)cc1Br. The van der Waals surface area contributed by atoms with Crippen LogP contribution in [0.15, 0.2) is 22.7 Å². The molecule has 0 radical (unpaired) electrons. The number of amides is 1. The summed E-state index contributed by atoms with van der Waals surface area (Å²) in [6.07, 6.45) is 1.29. The van der Waals surface area contributed by atoms with E-state index in [2.05, 4.69) is 35.1 Å². The van der Waals surface area contributed by atoms with Crippen molar-refractivity contribution in [3.05, 3.63) is 22.7 Å². The highest BCUT2D eigenvalue weighted by Crippen LogP contribution is 2.29. The van der Waals surface area contributed by atoms with Gasteiger partial charge in [-0.1, -0.05) is 13.8 Å². The van der Waals surface area contributed by atoms with E-state index < -0.39 is 6.10 Å². The van der Waals surface area contributed by atoms with Gasteiger partial charge in [-0.3, -0.25) is 4.79 Å². The van der Waals surface area contributed by atoms with Crippen molar-refractivity contribution in [1.29, 1.82) is 0 Å². The fraction of sp³-hybridized carbons (Fsp3) is 0.533. The summed E-state index contributed by atoms with van der Waals surface area (Å²) in [6.45, 7) is 5.86. The molecular formula is C15H22BrNO3. The van der Waals surface area contributed by atoms with Crippen LogP contribution in [0.3, 0.4) is 0 Å². The van der Waals surface area contributed by atoms with Gasteiger partial charge in [0.25, 0.3) is 5.91 Å². The van der Waals surface area contributed by atoms with E-state index >= 15 is 0 Å². The van der Waals surface area contributed by atoms with Gasteiger partial charge < -0.3 is 14.8 Å². The number of carbonyl (C=O) groups is 1. The Labute approximate surface area is 129 Å². The Kier molecular flexibility index (Phi) is 6.85. The topological polar surface area (TPSA) is 47.6 Å². The van der Waals surface area contributed by atoms with Crippen LogP contribution >= 0.6 is 15.9 Å². The molecule has 0 aliphatic heterocycles. The van der Waals surface area contributed by atoms with E-state index in [1.807, 2.05) is 0 Å². The lowest BCUT2D eigenvalue weighted by Gasteiger charge is -2.20. The molecule has 1 N–H and O–H groups in total. The molecule has 1 aromatic rings. The van der Waals surface area contributed by atoms with Crippen molar-refractivity contribution in [2.24, 2.45) is 0 Å². The van der Waals surface area contributed by atoms with Crippen molar-refractivity contribution < 1.29 is 14.3 Å². The van der Waals surface area contributed by atoms with Gasteiger partial charge in [-0.15, -0.1) is 0 Å². The molecule has 0 aromatic heterocycles. The van der Waals surface area contributed by atoms with Gasteiger partial charge in [-0.2, -0.15) is 0 Å².